The Morgan fingerprint density at radius 2 is 2.32 bits per heavy atom. The highest BCUT2D eigenvalue weighted by molar-refractivity contribution is 7.99. The molecule has 102 valence electrons. The molecule has 0 amide bonds. The number of fused-ring (bicyclic) bond motifs is 1. The van der Waals surface area contributed by atoms with Crippen LogP contribution in [0.25, 0.3) is 11.2 Å². The Morgan fingerprint density at radius 3 is 3.21 bits per heavy atom. The van der Waals surface area contributed by atoms with Crippen molar-refractivity contribution in [2.75, 3.05) is 23.7 Å². The van der Waals surface area contributed by atoms with Gasteiger partial charge in [-0.1, -0.05) is 13.3 Å². The first-order valence-corrected chi connectivity index (χ1v) is 7.94. The van der Waals surface area contributed by atoms with Gasteiger partial charge in [0.25, 0.3) is 0 Å². The first-order chi connectivity index (χ1) is 9.38. The molecule has 0 aliphatic carbocycles. The van der Waals surface area contributed by atoms with Crippen molar-refractivity contribution in [2.24, 2.45) is 0 Å². The summed E-state index contributed by atoms with van der Waals surface area (Å²) < 4.78 is 0. The van der Waals surface area contributed by atoms with E-state index in [4.69, 9.17) is 0 Å². The van der Waals surface area contributed by atoms with Gasteiger partial charge in [0.1, 0.15) is 11.8 Å². The van der Waals surface area contributed by atoms with Gasteiger partial charge >= 0.3 is 0 Å². The molecule has 0 bridgehead atoms. The molecule has 2 aromatic heterocycles. The molecule has 5 nitrogen and oxygen atoms in total. The standard InChI is InChI=1S/C13H19N5S/c1-2-19-10-5-3-4-6-18(7-10)13-11-12(15-8-14-11)16-9-17-13/h8-10H,2-7H2,1H3,(H,14,15,16,17). The number of rotatable bonds is 3. The molecule has 1 aliphatic heterocycles. The van der Waals surface area contributed by atoms with Crippen LogP contribution < -0.4 is 4.90 Å². The van der Waals surface area contributed by atoms with E-state index in [1.165, 1.54) is 25.0 Å². The van der Waals surface area contributed by atoms with Crippen molar-refractivity contribution >= 4 is 28.7 Å². The first kappa shape index (κ1) is 12.7. The van der Waals surface area contributed by atoms with E-state index in [1.807, 2.05) is 0 Å². The maximum Gasteiger partial charge on any atom is 0.182 e. The van der Waals surface area contributed by atoms with Gasteiger partial charge in [-0.25, -0.2) is 15.0 Å². The average molecular weight is 277 g/mol. The maximum atomic E-state index is 4.47. The molecule has 3 heterocycles. The lowest BCUT2D eigenvalue weighted by Crippen LogP contribution is -2.30. The van der Waals surface area contributed by atoms with E-state index in [9.17, 15) is 0 Å². The summed E-state index contributed by atoms with van der Waals surface area (Å²) in [5.74, 6) is 2.19. The number of hydrogen-bond donors (Lipinski definition) is 1. The quantitative estimate of drug-likeness (QED) is 0.934. The van der Waals surface area contributed by atoms with Crippen LogP contribution in [-0.4, -0.2) is 44.0 Å². The van der Waals surface area contributed by atoms with Gasteiger partial charge in [-0.05, 0) is 18.6 Å². The Balaban J connectivity index is 1.89. The van der Waals surface area contributed by atoms with Crippen molar-refractivity contribution in [2.45, 2.75) is 31.4 Å². The number of aromatic nitrogens is 4. The fraction of sp³-hybridized carbons (Fsp3) is 0.615. The van der Waals surface area contributed by atoms with Crippen LogP contribution in [0.1, 0.15) is 26.2 Å². The summed E-state index contributed by atoms with van der Waals surface area (Å²) in [7, 11) is 0. The monoisotopic (exact) mass is 277 g/mol. The Labute approximate surface area is 117 Å². The van der Waals surface area contributed by atoms with Gasteiger partial charge in [-0.2, -0.15) is 11.8 Å². The van der Waals surface area contributed by atoms with Gasteiger partial charge in [-0.3, -0.25) is 0 Å². The van der Waals surface area contributed by atoms with Crippen LogP contribution in [0.5, 0.6) is 0 Å². The summed E-state index contributed by atoms with van der Waals surface area (Å²) >= 11 is 2.06. The highest BCUT2D eigenvalue weighted by Gasteiger charge is 2.21. The minimum absolute atomic E-state index is 0.709. The van der Waals surface area contributed by atoms with Crippen molar-refractivity contribution in [1.82, 2.24) is 19.9 Å². The van der Waals surface area contributed by atoms with Crippen LogP contribution in [0, 0.1) is 0 Å². The average Bonchev–Trinajstić information content (AvgIpc) is 2.79. The second kappa shape index (κ2) is 5.77. The SMILES string of the molecule is CCSC1CCCCN(c2ncnc3nc[nH]c23)C1. The number of imidazole rings is 1. The summed E-state index contributed by atoms with van der Waals surface area (Å²) in [5, 5.41) is 0.709. The third-order valence-corrected chi connectivity index (χ3v) is 4.72. The normalized spacial score (nSPS) is 20.7. The molecular weight excluding hydrogens is 258 g/mol. The van der Waals surface area contributed by atoms with Crippen molar-refractivity contribution in [3.05, 3.63) is 12.7 Å². The molecule has 3 rings (SSSR count). The fourth-order valence-electron chi connectivity index (χ4n) is 2.66. The summed E-state index contributed by atoms with van der Waals surface area (Å²) in [6.07, 6.45) is 7.17. The molecular formula is C13H19N5S. The van der Waals surface area contributed by atoms with Gasteiger partial charge in [-0.15, -0.1) is 0 Å². The van der Waals surface area contributed by atoms with E-state index in [1.54, 1.807) is 12.7 Å². The number of aromatic amines is 1. The van der Waals surface area contributed by atoms with Gasteiger partial charge in [0, 0.05) is 18.3 Å². The molecule has 2 aromatic rings. The third-order valence-electron chi connectivity index (χ3n) is 3.53. The summed E-state index contributed by atoms with van der Waals surface area (Å²) in [5.41, 5.74) is 1.72. The molecule has 1 fully saturated rings. The number of nitrogens with zero attached hydrogens (tertiary/aromatic N) is 4. The fourth-order valence-corrected chi connectivity index (χ4v) is 3.75. The van der Waals surface area contributed by atoms with E-state index in [2.05, 4.69) is 43.5 Å². The Bertz CT molecular complexity index is 541. The smallest absolute Gasteiger partial charge is 0.182 e. The molecule has 19 heavy (non-hydrogen) atoms. The van der Waals surface area contributed by atoms with Crippen LogP contribution in [0.3, 0.4) is 0 Å². The van der Waals surface area contributed by atoms with Crippen LogP contribution in [-0.2, 0) is 0 Å². The number of anilines is 1. The second-order valence-corrected chi connectivity index (χ2v) is 6.39. The molecule has 0 saturated carbocycles. The van der Waals surface area contributed by atoms with E-state index in [0.717, 1.165) is 30.1 Å². The Hall–Kier alpha value is -1.30. The van der Waals surface area contributed by atoms with Crippen molar-refractivity contribution in [1.29, 1.82) is 0 Å². The molecule has 1 unspecified atom stereocenters. The minimum Gasteiger partial charge on any atom is -0.354 e. The van der Waals surface area contributed by atoms with Crippen LogP contribution in [0.2, 0.25) is 0 Å². The number of H-pyrrole nitrogens is 1. The van der Waals surface area contributed by atoms with Crippen molar-refractivity contribution < 1.29 is 0 Å². The van der Waals surface area contributed by atoms with Gasteiger partial charge in [0.05, 0.1) is 6.33 Å². The molecule has 1 saturated heterocycles. The molecule has 6 heteroatoms. The first-order valence-electron chi connectivity index (χ1n) is 6.89. The predicted molar refractivity (Wildman–Crippen MR) is 79.7 cm³/mol. The second-order valence-electron chi connectivity index (χ2n) is 4.82. The lowest BCUT2D eigenvalue weighted by atomic mass is 10.2. The molecule has 0 radical (unpaired) electrons. The molecule has 0 aromatic carbocycles. The molecule has 1 N–H and O–H groups in total. The maximum absolute atomic E-state index is 4.47. The van der Waals surface area contributed by atoms with Crippen LogP contribution in [0.4, 0.5) is 5.82 Å². The van der Waals surface area contributed by atoms with Crippen LogP contribution >= 0.6 is 11.8 Å². The lowest BCUT2D eigenvalue weighted by molar-refractivity contribution is 0.735. The van der Waals surface area contributed by atoms with Crippen molar-refractivity contribution in [3.63, 3.8) is 0 Å². The highest BCUT2D eigenvalue weighted by atomic mass is 32.2. The van der Waals surface area contributed by atoms with E-state index in [0.29, 0.717) is 5.25 Å². The van der Waals surface area contributed by atoms with Gasteiger partial charge in [0.15, 0.2) is 11.5 Å². The Kier molecular flexibility index (Phi) is 3.87. The Morgan fingerprint density at radius 1 is 1.37 bits per heavy atom. The predicted octanol–water partition coefficient (Wildman–Crippen LogP) is 2.46. The number of thioether (sulfide) groups is 1. The van der Waals surface area contributed by atoms with Gasteiger partial charge in [0.2, 0.25) is 0 Å². The summed E-state index contributed by atoms with van der Waals surface area (Å²) in [6, 6.07) is 0. The highest BCUT2D eigenvalue weighted by Crippen LogP contribution is 2.27. The zero-order valence-electron chi connectivity index (χ0n) is 11.2. The van der Waals surface area contributed by atoms with Gasteiger partial charge < -0.3 is 9.88 Å². The summed E-state index contributed by atoms with van der Waals surface area (Å²) in [4.78, 5) is 18.4. The third kappa shape index (κ3) is 2.68. The summed E-state index contributed by atoms with van der Waals surface area (Å²) in [6.45, 7) is 4.38. The zero-order valence-corrected chi connectivity index (χ0v) is 12.0. The minimum atomic E-state index is 0.709. The lowest BCUT2D eigenvalue weighted by Gasteiger charge is -2.25. The number of nitrogens with one attached hydrogen (secondary N) is 1. The number of hydrogen-bond acceptors (Lipinski definition) is 5. The molecule has 0 spiro atoms. The van der Waals surface area contributed by atoms with E-state index >= 15 is 0 Å². The largest absolute Gasteiger partial charge is 0.354 e. The zero-order chi connectivity index (χ0) is 13.1. The van der Waals surface area contributed by atoms with E-state index in [-0.39, 0.29) is 0 Å². The van der Waals surface area contributed by atoms with E-state index < -0.39 is 0 Å². The molecule has 1 atom stereocenters. The van der Waals surface area contributed by atoms with Crippen LogP contribution in [0.15, 0.2) is 12.7 Å². The molecule has 1 aliphatic rings. The van der Waals surface area contributed by atoms with Crippen molar-refractivity contribution in [3.8, 4) is 0 Å². The topological polar surface area (TPSA) is 57.7 Å².